The molecular weight excluding hydrogens is 328 g/mol. The number of amides is 1. The highest BCUT2D eigenvalue weighted by molar-refractivity contribution is 7.92. The Kier molecular flexibility index (Phi) is 4.34. The number of carbonyl (C=O) groups is 1. The summed E-state index contributed by atoms with van der Waals surface area (Å²) >= 11 is 0. The summed E-state index contributed by atoms with van der Waals surface area (Å²) in [5.41, 5.74) is 3.11. The van der Waals surface area contributed by atoms with Crippen LogP contribution in [0.5, 0.6) is 5.75 Å². The molecule has 1 aromatic carbocycles. The van der Waals surface area contributed by atoms with E-state index in [-0.39, 0.29) is 6.04 Å². The van der Waals surface area contributed by atoms with E-state index in [4.69, 9.17) is 4.74 Å². The van der Waals surface area contributed by atoms with Crippen molar-refractivity contribution in [2.75, 3.05) is 26.0 Å². The molecule has 0 aliphatic carbocycles. The van der Waals surface area contributed by atoms with Gasteiger partial charge in [0, 0.05) is 11.8 Å². The molecule has 2 aliphatic rings. The van der Waals surface area contributed by atoms with Gasteiger partial charge in [0.2, 0.25) is 5.91 Å². The molecule has 132 valence electrons. The van der Waals surface area contributed by atoms with Crippen LogP contribution in [0.3, 0.4) is 0 Å². The smallest absolute Gasteiger partial charge is 0.242 e. The van der Waals surface area contributed by atoms with E-state index < -0.39 is 20.5 Å². The van der Waals surface area contributed by atoms with E-state index in [1.54, 1.807) is 0 Å². The predicted octanol–water partition coefficient (Wildman–Crippen LogP) is 1.02. The van der Waals surface area contributed by atoms with Gasteiger partial charge in [-0.05, 0) is 50.9 Å². The maximum Gasteiger partial charge on any atom is 0.242 e. The van der Waals surface area contributed by atoms with E-state index in [0.29, 0.717) is 32.5 Å². The van der Waals surface area contributed by atoms with E-state index in [2.05, 4.69) is 10.6 Å². The Morgan fingerprint density at radius 3 is 2.58 bits per heavy atom. The number of benzene rings is 1. The summed E-state index contributed by atoms with van der Waals surface area (Å²) in [5, 5.41) is 6.05. The van der Waals surface area contributed by atoms with Crippen molar-refractivity contribution >= 4 is 15.7 Å². The second kappa shape index (κ2) is 6.04. The third-order valence-corrected chi connectivity index (χ3v) is 7.33. The first kappa shape index (κ1) is 17.2. The second-order valence-corrected chi connectivity index (χ2v) is 9.11. The number of piperidine rings is 1. The average Bonchev–Trinajstić information content (AvgIpc) is 2.94. The van der Waals surface area contributed by atoms with Gasteiger partial charge in [-0.1, -0.05) is 12.1 Å². The van der Waals surface area contributed by atoms with Gasteiger partial charge >= 0.3 is 0 Å². The molecule has 7 heteroatoms. The van der Waals surface area contributed by atoms with Gasteiger partial charge in [0.15, 0.2) is 14.6 Å². The highest BCUT2D eigenvalue weighted by atomic mass is 32.2. The van der Waals surface area contributed by atoms with E-state index in [0.717, 1.165) is 28.7 Å². The van der Waals surface area contributed by atoms with Gasteiger partial charge in [0.05, 0.1) is 6.04 Å². The van der Waals surface area contributed by atoms with Crippen molar-refractivity contribution in [3.05, 3.63) is 28.8 Å². The lowest BCUT2D eigenvalue weighted by atomic mass is 9.94. The fourth-order valence-electron chi connectivity index (χ4n) is 3.54. The van der Waals surface area contributed by atoms with Gasteiger partial charge in [-0.15, -0.1) is 0 Å². The Labute approximate surface area is 142 Å². The first-order valence-corrected chi connectivity index (χ1v) is 10.1. The number of ether oxygens (including phenoxy) is 1. The van der Waals surface area contributed by atoms with Crippen LogP contribution in [-0.2, 0) is 14.6 Å². The number of fused-ring (bicyclic) bond motifs is 1. The van der Waals surface area contributed by atoms with Gasteiger partial charge in [-0.2, -0.15) is 0 Å². The van der Waals surface area contributed by atoms with Crippen molar-refractivity contribution in [3.63, 3.8) is 0 Å². The van der Waals surface area contributed by atoms with Crippen molar-refractivity contribution in [1.82, 2.24) is 10.6 Å². The summed E-state index contributed by atoms with van der Waals surface area (Å²) < 4.78 is 29.1. The van der Waals surface area contributed by atoms with E-state index in [1.165, 1.54) is 0 Å². The zero-order valence-corrected chi connectivity index (χ0v) is 15.1. The Morgan fingerprint density at radius 1 is 1.29 bits per heavy atom. The van der Waals surface area contributed by atoms with Crippen molar-refractivity contribution in [2.45, 2.75) is 37.5 Å². The third kappa shape index (κ3) is 2.69. The Hall–Kier alpha value is -1.60. The maximum absolute atomic E-state index is 12.9. The lowest BCUT2D eigenvalue weighted by molar-refractivity contribution is -0.125. The Morgan fingerprint density at radius 2 is 1.96 bits per heavy atom. The quantitative estimate of drug-likeness (QED) is 0.848. The Balaban J connectivity index is 1.87. The average molecular weight is 352 g/mol. The number of sulfone groups is 1. The molecule has 2 aliphatic heterocycles. The number of rotatable bonds is 3. The lowest BCUT2D eigenvalue weighted by Crippen LogP contribution is -2.57. The molecule has 0 aromatic heterocycles. The molecular formula is C17H24N2O4S. The van der Waals surface area contributed by atoms with Crippen LogP contribution in [0, 0.1) is 13.8 Å². The molecule has 1 aromatic rings. The summed E-state index contributed by atoms with van der Waals surface area (Å²) in [7, 11) is -3.51. The predicted molar refractivity (Wildman–Crippen MR) is 92.0 cm³/mol. The molecule has 1 amide bonds. The van der Waals surface area contributed by atoms with Crippen LogP contribution in [0.15, 0.2) is 12.1 Å². The van der Waals surface area contributed by atoms with Gasteiger partial charge in [-0.3, -0.25) is 4.79 Å². The van der Waals surface area contributed by atoms with Gasteiger partial charge in [-0.25, -0.2) is 8.42 Å². The van der Waals surface area contributed by atoms with Crippen LogP contribution < -0.4 is 15.4 Å². The molecule has 1 saturated heterocycles. The molecule has 0 bridgehead atoms. The summed E-state index contributed by atoms with van der Waals surface area (Å²) in [4.78, 5) is 12.9. The SMILES string of the molecule is Cc1ccc2c(c1C)OCC2NC(=O)C1(S(C)(=O)=O)CCNCC1. The van der Waals surface area contributed by atoms with Crippen LogP contribution in [0.2, 0.25) is 0 Å². The van der Waals surface area contributed by atoms with Crippen LogP contribution in [0.1, 0.15) is 35.6 Å². The number of aryl methyl sites for hydroxylation is 1. The topological polar surface area (TPSA) is 84.5 Å². The minimum absolute atomic E-state index is 0.297. The molecule has 0 radical (unpaired) electrons. The molecule has 0 saturated carbocycles. The molecule has 1 fully saturated rings. The van der Waals surface area contributed by atoms with Crippen molar-refractivity contribution in [3.8, 4) is 5.75 Å². The molecule has 2 N–H and O–H groups in total. The minimum atomic E-state index is -3.51. The summed E-state index contributed by atoms with van der Waals surface area (Å²) in [6.07, 6.45) is 1.75. The van der Waals surface area contributed by atoms with Crippen molar-refractivity contribution in [1.29, 1.82) is 0 Å². The second-order valence-electron chi connectivity index (χ2n) is 6.78. The van der Waals surface area contributed by atoms with Crippen molar-refractivity contribution in [2.24, 2.45) is 0 Å². The van der Waals surface area contributed by atoms with Gasteiger partial charge < -0.3 is 15.4 Å². The van der Waals surface area contributed by atoms with Gasteiger partial charge in [0.25, 0.3) is 0 Å². The number of hydrogen-bond acceptors (Lipinski definition) is 5. The lowest BCUT2D eigenvalue weighted by Gasteiger charge is -2.35. The normalized spacial score (nSPS) is 22.5. The molecule has 0 spiro atoms. The Bertz CT molecular complexity index is 767. The van der Waals surface area contributed by atoms with Crippen LogP contribution in [0.4, 0.5) is 0 Å². The molecule has 6 nitrogen and oxygen atoms in total. The molecule has 3 rings (SSSR count). The first-order valence-electron chi connectivity index (χ1n) is 8.20. The van der Waals surface area contributed by atoms with Crippen molar-refractivity contribution < 1.29 is 17.9 Å². The van der Waals surface area contributed by atoms with Crippen LogP contribution in [-0.4, -0.2) is 45.0 Å². The minimum Gasteiger partial charge on any atom is -0.490 e. The zero-order valence-electron chi connectivity index (χ0n) is 14.3. The van der Waals surface area contributed by atoms with E-state index >= 15 is 0 Å². The molecule has 24 heavy (non-hydrogen) atoms. The first-order chi connectivity index (χ1) is 11.3. The van der Waals surface area contributed by atoms with Crippen LogP contribution in [0.25, 0.3) is 0 Å². The molecule has 1 atom stereocenters. The number of carbonyl (C=O) groups excluding carboxylic acids is 1. The highest BCUT2D eigenvalue weighted by Crippen LogP contribution is 2.37. The summed E-state index contributed by atoms with van der Waals surface area (Å²) in [6.45, 7) is 5.39. The molecule has 2 heterocycles. The fraction of sp³-hybridized carbons (Fsp3) is 0.588. The number of nitrogens with one attached hydrogen (secondary N) is 2. The standard InChI is InChI=1S/C17H24N2O4S/c1-11-4-5-13-14(10-23-15(13)12(11)2)19-16(20)17(24(3,21)22)6-8-18-9-7-17/h4-5,14,18H,6-10H2,1-3H3,(H,19,20). The summed E-state index contributed by atoms with van der Waals surface area (Å²) in [5.74, 6) is 0.394. The van der Waals surface area contributed by atoms with Gasteiger partial charge in [0.1, 0.15) is 12.4 Å². The summed E-state index contributed by atoms with van der Waals surface area (Å²) in [6, 6.07) is 3.64. The van der Waals surface area contributed by atoms with E-state index in [1.807, 2.05) is 26.0 Å². The monoisotopic (exact) mass is 352 g/mol. The number of hydrogen-bond donors (Lipinski definition) is 2. The largest absolute Gasteiger partial charge is 0.490 e. The maximum atomic E-state index is 12.9. The third-order valence-electron chi connectivity index (χ3n) is 5.32. The fourth-order valence-corrected chi connectivity index (χ4v) is 4.88. The highest BCUT2D eigenvalue weighted by Gasteiger charge is 2.49. The zero-order chi connectivity index (χ0) is 17.5. The molecule has 1 unspecified atom stereocenters. The van der Waals surface area contributed by atoms with Crippen LogP contribution >= 0.6 is 0 Å². The van der Waals surface area contributed by atoms with E-state index in [9.17, 15) is 13.2 Å².